The van der Waals surface area contributed by atoms with E-state index in [1.165, 1.54) is 4.88 Å². The molecule has 2 nitrogen and oxygen atoms in total. The van der Waals surface area contributed by atoms with Gasteiger partial charge in [0, 0.05) is 15.9 Å². The third-order valence-electron chi connectivity index (χ3n) is 2.60. The minimum atomic E-state index is 0.00242. The lowest BCUT2D eigenvalue weighted by molar-refractivity contribution is 0.0955. The van der Waals surface area contributed by atoms with Crippen molar-refractivity contribution in [1.82, 2.24) is 5.32 Å². The second-order valence-corrected chi connectivity index (χ2v) is 6.01. The number of thiophene rings is 1. The highest BCUT2D eigenvalue weighted by Gasteiger charge is 2.07. The van der Waals surface area contributed by atoms with Gasteiger partial charge in [0.25, 0.3) is 5.91 Å². The Balaban J connectivity index is 1.93. The fourth-order valence-corrected chi connectivity index (χ4v) is 2.69. The van der Waals surface area contributed by atoms with Gasteiger partial charge in [-0.2, -0.15) is 0 Å². The number of hydrogen-bond acceptors (Lipinski definition) is 2. The van der Waals surface area contributed by atoms with Crippen LogP contribution in [-0.4, -0.2) is 5.91 Å². The Morgan fingerprint density at radius 2 is 1.94 bits per heavy atom. The maximum absolute atomic E-state index is 11.9. The van der Waals surface area contributed by atoms with Gasteiger partial charge in [0.1, 0.15) is 0 Å². The van der Waals surface area contributed by atoms with Crippen molar-refractivity contribution < 1.29 is 4.79 Å². The van der Waals surface area contributed by atoms with Gasteiger partial charge in [0.15, 0.2) is 0 Å². The summed E-state index contributed by atoms with van der Waals surface area (Å²) in [6.07, 6.45) is 0.977. The average Bonchev–Trinajstić information content (AvgIpc) is 2.86. The molecule has 0 saturated carbocycles. The Hall–Kier alpha value is -1.13. The van der Waals surface area contributed by atoms with Gasteiger partial charge in [-0.05, 0) is 36.2 Å². The molecule has 2 rings (SSSR count). The van der Waals surface area contributed by atoms with Gasteiger partial charge >= 0.3 is 0 Å². The molecule has 0 atom stereocenters. The SMILES string of the molecule is CCc1ccc(C(=O)NCc2ccc(Br)cc2)s1. The van der Waals surface area contributed by atoms with Crippen molar-refractivity contribution in [3.05, 3.63) is 56.2 Å². The third kappa shape index (κ3) is 3.43. The fourth-order valence-electron chi connectivity index (χ4n) is 1.56. The number of hydrogen-bond donors (Lipinski definition) is 1. The molecule has 1 heterocycles. The summed E-state index contributed by atoms with van der Waals surface area (Å²) in [6, 6.07) is 11.8. The van der Waals surface area contributed by atoms with Crippen molar-refractivity contribution in [2.45, 2.75) is 19.9 Å². The molecule has 1 N–H and O–H groups in total. The van der Waals surface area contributed by atoms with Gasteiger partial charge in [-0.3, -0.25) is 4.79 Å². The average molecular weight is 324 g/mol. The van der Waals surface area contributed by atoms with E-state index in [4.69, 9.17) is 0 Å². The van der Waals surface area contributed by atoms with E-state index in [1.807, 2.05) is 36.4 Å². The highest BCUT2D eigenvalue weighted by atomic mass is 79.9. The lowest BCUT2D eigenvalue weighted by Crippen LogP contribution is -2.21. The number of rotatable bonds is 4. The zero-order valence-corrected chi connectivity index (χ0v) is 12.5. The van der Waals surface area contributed by atoms with E-state index in [1.54, 1.807) is 11.3 Å². The molecular weight excluding hydrogens is 310 g/mol. The molecule has 0 spiro atoms. The summed E-state index contributed by atoms with van der Waals surface area (Å²) in [5.41, 5.74) is 1.10. The minimum absolute atomic E-state index is 0.00242. The smallest absolute Gasteiger partial charge is 0.261 e. The summed E-state index contributed by atoms with van der Waals surface area (Å²) in [6.45, 7) is 2.65. The van der Waals surface area contributed by atoms with Crippen LogP contribution in [0.3, 0.4) is 0 Å². The highest BCUT2D eigenvalue weighted by Crippen LogP contribution is 2.17. The predicted octanol–water partition coefficient (Wildman–Crippen LogP) is 4.00. The molecule has 2 aromatic rings. The van der Waals surface area contributed by atoms with Gasteiger partial charge < -0.3 is 5.32 Å². The van der Waals surface area contributed by atoms with E-state index in [9.17, 15) is 4.79 Å². The van der Waals surface area contributed by atoms with Crippen molar-refractivity contribution in [2.75, 3.05) is 0 Å². The molecule has 0 radical (unpaired) electrons. The number of nitrogens with one attached hydrogen (secondary N) is 1. The van der Waals surface area contributed by atoms with Crippen LogP contribution in [-0.2, 0) is 13.0 Å². The van der Waals surface area contributed by atoms with E-state index in [2.05, 4.69) is 28.2 Å². The Kier molecular flexibility index (Phi) is 4.55. The second-order valence-electron chi connectivity index (χ2n) is 3.93. The van der Waals surface area contributed by atoms with Crippen molar-refractivity contribution in [3.63, 3.8) is 0 Å². The van der Waals surface area contributed by atoms with E-state index in [0.29, 0.717) is 6.54 Å². The maximum Gasteiger partial charge on any atom is 0.261 e. The van der Waals surface area contributed by atoms with Crippen molar-refractivity contribution in [1.29, 1.82) is 0 Å². The highest BCUT2D eigenvalue weighted by molar-refractivity contribution is 9.10. The summed E-state index contributed by atoms with van der Waals surface area (Å²) >= 11 is 4.95. The van der Waals surface area contributed by atoms with Crippen LogP contribution in [0.5, 0.6) is 0 Å². The van der Waals surface area contributed by atoms with Gasteiger partial charge in [-0.25, -0.2) is 0 Å². The molecule has 0 fully saturated rings. The molecule has 18 heavy (non-hydrogen) atoms. The number of amides is 1. The predicted molar refractivity (Wildman–Crippen MR) is 79.0 cm³/mol. The first kappa shape index (κ1) is 13.3. The van der Waals surface area contributed by atoms with Crippen LogP contribution in [0.15, 0.2) is 40.9 Å². The van der Waals surface area contributed by atoms with Crippen LogP contribution in [0.4, 0.5) is 0 Å². The Morgan fingerprint density at radius 3 is 2.56 bits per heavy atom. The minimum Gasteiger partial charge on any atom is -0.347 e. The lowest BCUT2D eigenvalue weighted by Gasteiger charge is -2.03. The lowest BCUT2D eigenvalue weighted by atomic mass is 10.2. The van der Waals surface area contributed by atoms with Crippen LogP contribution >= 0.6 is 27.3 Å². The van der Waals surface area contributed by atoms with Crippen LogP contribution in [0.2, 0.25) is 0 Å². The van der Waals surface area contributed by atoms with E-state index >= 15 is 0 Å². The molecule has 0 aliphatic carbocycles. The number of carbonyl (C=O) groups is 1. The summed E-state index contributed by atoms with van der Waals surface area (Å²) in [7, 11) is 0. The van der Waals surface area contributed by atoms with E-state index < -0.39 is 0 Å². The molecule has 1 amide bonds. The maximum atomic E-state index is 11.9. The Morgan fingerprint density at radius 1 is 1.22 bits per heavy atom. The number of halogens is 1. The number of aryl methyl sites for hydroxylation is 1. The van der Waals surface area contributed by atoms with Crippen LogP contribution < -0.4 is 5.32 Å². The molecule has 0 bridgehead atoms. The molecule has 0 saturated heterocycles. The summed E-state index contributed by atoms with van der Waals surface area (Å²) < 4.78 is 1.04. The zero-order valence-electron chi connectivity index (χ0n) is 10.1. The molecular formula is C14H14BrNOS. The number of carbonyl (C=O) groups excluding carboxylic acids is 1. The molecule has 0 aliphatic rings. The molecule has 1 aromatic heterocycles. The first-order valence-electron chi connectivity index (χ1n) is 5.80. The normalized spacial score (nSPS) is 10.3. The zero-order chi connectivity index (χ0) is 13.0. The summed E-state index contributed by atoms with van der Waals surface area (Å²) in [4.78, 5) is 13.9. The van der Waals surface area contributed by atoms with Crippen molar-refractivity contribution >= 4 is 33.2 Å². The fraction of sp³-hybridized carbons (Fsp3) is 0.214. The van der Waals surface area contributed by atoms with Gasteiger partial charge in [-0.15, -0.1) is 11.3 Å². The molecule has 0 unspecified atom stereocenters. The summed E-state index contributed by atoms with van der Waals surface area (Å²) in [5.74, 6) is 0.00242. The monoisotopic (exact) mass is 323 g/mol. The summed E-state index contributed by atoms with van der Waals surface area (Å²) in [5, 5.41) is 2.93. The van der Waals surface area contributed by atoms with E-state index in [0.717, 1.165) is 21.3 Å². The van der Waals surface area contributed by atoms with Crippen LogP contribution in [0.25, 0.3) is 0 Å². The van der Waals surface area contributed by atoms with Crippen LogP contribution in [0.1, 0.15) is 27.0 Å². The second kappa shape index (κ2) is 6.16. The van der Waals surface area contributed by atoms with Gasteiger partial charge in [0.05, 0.1) is 4.88 Å². The first-order chi connectivity index (χ1) is 8.69. The van der Waals surface area contributed by atoms with Crippen molar-refractivity contribution in [2.24, 2.45) is 0 Å². The van der Waals surface area contributed by atoms with Crippen LogP contribution in [0, 0.1) is 0 Å². The topological polar surface area (TPSA) is 29.1 Å². The van der Waals surface area contributed by atoms with E-state index in [-0.39, 0.29) is 5.91 Å². The molecule has 94 valence electrons. The Bertz CT molecular complexity index is 533. The standard InChI is InChI=1S/C14H14BrNOS/c1-2-12-7-8-13(18-12)14(17)16-9-10-3-5-11(15)6-4-10/h3-8H,2,9H2,1H3,(H,16,17). The molecule has 4 heteroatoms. The Labute approximate surface area is 119 Å². The molecule has 1 aromatic carbocycles. The van der Waals surface area contributed by atoms with Crippen molar-refractivity contribution in [3.8, 4) is 0 Å². The largest absolute Gasteiger partial charge is 0.347 e. The third-order valence-corrected chi connectivity index (χ3v) is 4.36. The molecule has 0 aliphatic heterocycles. The quantitative estimate of drug-likeness (QED) is 0.905. The first-order valence-corrected chi connectivity index (χ1v) is 7.41. The van der Waals surface area contributed by atoms with Gasteiger partial charge in [0.2, 0.25) is 0 Å². The van der Waals surface area contributed by atoms with Gasteiger partial charge in [-0.1, -0.05) is 35.0 Å². The number of benzene rings is 1.